The van der Waals surface area contributed by atoms with Crippen molar-refractivity contribution in [3.05, 3.63) is 35.4 Å². The Kier molecular flexibility index (Phi) is 2.91. The van der Waals surface area contributed by atoms with Gasteiger partial charge in [-0.25, -0.2) is 0 Å². The molecule has 0 aliphatic carbocycles. The highest BCUT2D eigenvalue weighted by molar-refractivity contribution is 7.99. The maximum absolute atomic E-state index is 5.71. The van der Waals surface area contributed by atoms with Crippen molar-refractivity contribution in [1.82, 2.24) is 0 Å². The molecule has 0 saturated carbocycles. The van der Waals surface area contributed by atoms with Crippen molar-refractivity contribution < 1.29 is 0 Å². The van der Waals surface area contributed by atoms with Crippen LogP contribution in [0.3, 0.4) is 0 Å². The first-order chi connectivity index (χ1) is 6.42. The van der Waals surface area contributed by atoms with Crippen LogP contribution in [-0.2, 0) is 6.54 Å². The molecule has 0 aromatic heterocycles. The van der Waals surface area contributed by atoms with Gasteiger partial charge in [0.1, 0.15) is 0 Å². The normalized spacial score (nSPS) is 22.1. The first-order valence-electron chi connectivity index (χ1n) is 4.77. The lowest BCUT2D eigenvalue weighted by atomic mass is 9.94. The van der Waals surface area contributed by atoms with Crippen LogP contribution in [0.25, 0.3) is 0 Å². The number of hydrogen-bond acceptors (Lipinski definition) is 2. The summed E-state index contributed by atoms with van der Waals surface area (Å²) in [5.41, 5.74) is 8.52. The molecule has 1 unspecified atom stereocenters. The summed E-state index contributed by atoms with van der Waals surface area (Å²) in [5.74, 6) is 3.34. The third kappa shape index (κ3) is 1.89. The molecule has 0 amide bonds. The highest BCUT2D eigenvalue weighted by Crippen LogP contribution is 2.33. The van der Waals surface area contributed by atoms with Gasteiger partial charge in [-0.05, 0) is 29.2 Å². The average molecular weight is 193 g/mol. The predicted octanol–water partition coefficient (Wildman–Crippen LogP) is 2.37. The summed E-state index contributed by atoms with van der Waals surface area (Å²) in [6.45, 7) is 0.678. The Balaban J connectivity index is 2.26. The standard InChI is InChI=1S/C11H15NS/c12-7-9-3-1-2-4-11(9)10-5-6-13-8-10/h1-4,10H,5-8,12H2. The monoisotopic (exact) mass is 193 g/mol. The second kappa shape index (κ2) is 4.16. The molecule has 1 aliphatic rings. The number of nitrogens with two attached hydrogens (primary N) is 1. The van der Waals surface area contributed by atoms with Crippen LogP contribution in [0, 0.1) is 0 Å². The van der Waals surface area contributed by atoms with Gasteiger partial charge in [0.05, 0.1) is 0 Å². The van der Waals surface area contributed by atoms with E-state index in [-0.39, 0.29) is 0 Å². The van der Waals surface area contributed by atoms with Gasteiger partial charge in [-0.3, -0.25) is 0 Å². The summed E-state index contributed by atoms with van der Waals surface area (Å²) in [6.07, 6.45) is 1.32. The minimum atomic E-state index is 0.678. The fraction of sp³-hybridized carbons (Fsp3) is 0.455. The Bertz CT molecular complexity index is 279. The second-order valence-corrected chi connectivity index (χ2v) is 4.61. The molecule has 0 spiro atoms. The number of benzene rings is 1. The molecular formula is C11H15NS. The van der Waals surface area contributed by atoms with Gasteiger partial charge in [0.2, 0.25) is 0 Å². The van der Waals surface area contributed by atoms with Gasteiger partial charge in [0.15, 0.2) is 0 Å². The highest BCUT2D eigenvalue weighted by atomic mass is 32.2. The highest BCUT2D eigenvalue weighted by Gasteiger charge is 2.19. The van der Waals surface area contributed by atoms with Crippen LogP contribution in [0.1, 0.15) is 23.5 Å². The Morgan fingerprint density at radius 3 is 2.92 bits per heavy atom. The molecule has 70 valence electrons. The maximum atomic E-state index is 5.71. The summed E-state index contributed by atoms with van der Waals surface area (Å²) in [6, 6.07) is 8.59. The fourth-order valence-corrected chi connectivity index (χ4v) is 3.15. The Morgan fingerprint density at radius 1 is 1.38 bits per heavy atom. The van der Waals surface area contributed by atoms with Crippen LogP contribution in [0.15, 0.2) is 24.3 Å². The zero-order chi connectivity index (χ0) is 9.10. The van der Waals surface area contributed by atoms with E-state index >= 15 is 0 Å². The van der Waals surface area contributed by atoms with Gasteiger partial charge in [0, 0.05) is 12.3 Å². The average Bonchev–Trinajstić information content (AvgIpc) is 2.70. The molecule has 0 radical (unpaired) electrons. The smallest absolute Gasteiger partial charge is 0.0180 e. The quantitative estimate of drug-likeness (QED) is 0.780. The van der Waals surface area contributed by atoms with E-state index in [0.717, 1.165) is 5.92 Å². The van der Waals surface area contributed by atoms with Crippen molar-refractivity contribution in [3.8, 4) is 0 Å². The van der Waals surface area contributed by atoms with Crippen molar-refractivity contribution in [2.24, 2.45) is 5.73 Å². The molecule has 1 atom stereocenters. The minimum absolute atomic E-state index is 0.678. The van der Waals surface area contributed by atoms with Crippen LogP contribution >= 0.6 is 11.8 Å². The minimum Gasteiger partial charge on any atom is -0.326 e. The SMILES string of the molecule is NCc1ccccc1C1CCSC1. The summed E-state index contributed by atoms with van der Waals surface area (Å²) < 4.78 is 0. The van der Waals surface area contributed by atoms with Crippen molar-refractivity contribution in [3.63, 3.8) is 0 Å². The second-order valence-electron chi connectivity index (χ2n) is 3.46. The van der Waals surface area contributed by atoms with E-state index in [4.69, 9.17) is 5.73 Å². The van der Waals surface area contributed by atoms with E-state index in [1.54, 1.807) is 0 Å². The molecule has 2 heteroatoms. The molecular weight excluding hydrogens is 178 g/mol. The van der Waals surface area contributed by atoms with Gasteiger partial charge in [-0.2, -0.15) is 11.8 Å². The van der Waals surface area contributed by atoms with Crippen molar-refractivity contribution in [1.29, 1.82) is 0 Å². The van der Waals surface area contributed by atoms with Crippen LogP contribution in [-0.4, -0.2) is 11.5 Å². The third-order valence-corrected chi connectivity index (χ3v) is 3.81. The van der Waals surface area contributed by atoms with Crippen molar-refractivity contribution in [2.45, 2.75) is 18.9 Å². The Hall–Kier alpha value is -0.470. The molecule has 13 heavy (non-hydrogen) atoms. The van der Waals surface area contributed by atoms with Gasteiger partial charge < -0.3 is 5.73 Å². The van der Waals surface area contributed by atoms with Gasteiger partial charge in [-0.15, -0.1) is 0 Å². The Morgan fingerprint density at radius 2 is 2.23 bits per heavy atom. The molecule has 1 nitrogen and oxygen atoms in total. The van der Waals surface area contributed by atoms with E-state index in [1.807, 2.05) is 0 Å². The Labute approximate surface area is 83.7 Å². The van der Waals surface area contributed by atoms with Gasteiger partial charge in [-0.1, -0.05) is 24.3 Å². The predicted molar refractivity (Wildman–Crippen MR) is 59.0 cm³/mol. The maximum Gasteiger partial charge on any atom is 0.0180 e. The lowest BCUT2D eigenvalue weighted by Gasteiger charge is -2.12. The van der Waals surface area contributed by atoms with Crippen LogP contribution in [0.2, 0.25) is 0 Å². The molecule has 1 saturated heterocycles. The summed E-state index contributed by atoms with van der Waals surface area (Å²) in [4.78, 5) is 0. The molecule has 2 N–H and O–H groups in total. The third-order valence-electron chi connectivity index (χ3n) is 2.64. The van der Waals surface area contributed by atoms with Gasteiger partial charge in [0.25, 0.3) is 0 Å². The van der Waals surface area contributed by atoms with E-state index in [9.17, 15) is 0 Å². The molecule has 1 aromatic carbocycles. The van der Waals surface area contributed by atoms with E-state index < -0.39 is 0 Å². The first-order valence-corrected chi connectivity index (χ1v) is 5.93. The number of hydrogen-bond donors (Lipinski definition) is 1. The zero-order valence-corrected chi connectivity index (χ0v) is 8.52. The zero-order valence-electron chi connectivity index (χ0n) is 7.70. The summed E-state index contributed by atoms with van der Waals surface area (Å²) in [7, 11) is 0. The van der Waals surface area contributed by atoms with Gasteiger partial charge >= 0.3 is 0 Å². The topological polar surface area (TPSA) is 26.0 Å². The molecule has 1 fully saturated rings. The summed E-state index contributed by atoms with van der Waals surface area (Å²) in [5, 5.41) is 0. The van der Waals surface area contributed by atoms with Crippen LogP contribution < -0.4 is 5.73 Å². The van der Waals surface area contributed by atoms with Crippen LogP contribution in [0.5, 0.6) is 0 Å². The number of thioether (sulfide) groups is 1. The molecule has 1 aromatic rings. The molecule has 1 heterocycles. The van der Waals surface area contributed by atoms with E-state index in [2.05, 4.69) is 36.0 Å². The van der Waals surface area contributed by atoms with Crippen molar-refractivity contribution >= 4 is 11.8 Å². The lowest BCUT2D eigenvalue weighted by molar-refractivity contribution is 0.767. The molecule has 1 aliphatic heterocycles. The molecule has 2 rings (SSSR count). The van der Waals surface area contributed by atoms with Crippen molar-refractivity contribution in [2.75, 3.05) is 11.5 Å². The van der Waals surface area contributed by atoms with E-state index in [0.29, 0.717) is 6.54 Å². The fourth-order valence-electron chi connectivity index (χ4n) is 1.90. The number of rotatable bonds is 2. The first kappa shape index (κ1) is 9.10. The van der Waals surface area contributed by atoms with E-state index in [1.165, 1.54) is 29.1 Å². The van der Waals surface area contributed by atoms with Crippen LogP contribution in [0.4, 0.5) is 0 Å². The largest absolute Gasteiger partial charge is 0.326 e. The lowest BCUT2D eigenvalue weighted by Crippen LogP contribution is -2.05. The molecule has 0 bridgehead atoms. The summed E-state index contributed by atoms with van der Waals surface area (Å²) >= 11 is 2.06.